The van der Waals surface area contributed by atoms with Gasteiger partial charge in [-0.2, -0.15) is 0 Å². The lowest BCUT2D eigenvalue weighted by atomic mass is 10.1. The highest BCUT2D eigenvalue weighted by Crippen LogP contribution is 2.37. The lowest BCUT2D eigenvalue weighted by Crippen LogP contribution is -2.09. The lowest BCUT2D eigenvalue weighted by Gasteiger charge is -2.16. The van der Waals surface area contributed by atoms with Gasteiger partial charge < -0.3 is 9.47 Å². The Morgan fingerprint density at radius 3 is 2.67 bits per heavy atom. The maximum absolute atomic E-state index is 5.86. The van der Waals surface area contributed by atoms with Gasteiger partial charge in [-0.05, 0) is 46.0 Å². The van der Waals surface area contributed by atoms with Crippen LogP contribution in [-0.4, -0.2) is 13.7 Å². The number of methoxy groups -OCH3 is 1. The summed E-state index contributed by atoms with van der Waals surface area (Å²) in [5.74, 6) is 2.49. The van der Waals surface area contributed by atoms with Crippen LogP contribution in [0.25, 0.3) is 0 Å². The molecule has 0 aromatic heterocycles. The first kappa shape index (κ1) is 15.6. The van der Waals surface area contributed by atoms with Gasteiger partial charge in [0.2, 0.25) is 0 Å². The molecule has 4 heteroatoms. The fourth-order valence-corrected chi connectivity index (χ4v) is 2.55. The van der Waals surface area contributed by atoms with Gasteiger partial charge in [-0.1, -0.05) is 20.3 Å². The first-order valence-electron chi connectivity index (χ1n) is 6.17. The van der Waals surface area contributed by atoms with Crippen LogP contribution >= 0.6 is 27.5 Å². The van der Waals surface area contributed by atoms with E-state index in [4.69, 9.17) is 21.1 Å². The van der Waals surface area contributed by atoms with Gasteiger partial charge in [-0.15, -0.1) is 11.6 Å². The molecule has 0 aliphatic heterocycles. The highest BCUT2D eigenvalue weighted by atomic mass is 79.9. The predicted molar refractivity (Wildman–Crippen MR) is 79.8 cm³/mol. The zero-order valence-corrected chi connectivity index (χ0v) is 13.5. The van der Waals surface area contributed by atoms with E-state index in [1.165, 1.54) is 12.8 Å². The predicted octanol–water partition coefficient (Wildman–Crippen LogP) is 5.01. The number of benzene rings is 1. The van der Waals surface area contributed by atoms with Gasteiger partial charge in [0.15, 0.2) is 11.5 Å². The molecule has 1 unspecified atom stereocenters. The average molecular weight is 336 g/mol. The second-order valence-corrected chi connectivity index (χ2v) is 5.57. The molecule has 0 fully saturated rings. The van der Waals surface area contributed by atoms with Crippen molar-refractivity contribution in [2.45, 2.75) is 32.6 Å². The van der Waals surface area contributed by atoms with Gasteiger partial charge in [0.05, 0.1) is 18.2 Å². The van der Waals surface area contributed by atoms with Crippen LogP contribution in [0.5, 0.6) is 11.5 Å². The molecule has 0 aliphatic rings. The number of rotatable bonds is 7. The van der Waals surface area contributed by atoms with Gasteiger partial charge in [-0.25, -0.2) is 0 Å². The van der Waals surface area contributed by atoms with E-state index in [0.29, 0.717) is 18.4 Å². The lowest BCUT2D eigenvalue weighted by molar-refractivity contribution is 0.239. The van der Waals surface area contributed by atoms with Crippen LogP contribution in [0.2, 0.25) is 0 Å². The minimum atomic E-state index is 0.460. The Labute approximate surface area is 123 Å². The quantitative estimate of drug-likeness (QED) is 0.652. The molecule has 102 valence electrons. The number of hydrogen-bond donors (Lipinski definition) is 0. The third-order valence-electron chi connectivity index (χ3n) is 2.74. The molecule has 0 saturated carbocycles. The normalized spacial score (nSPS) is 12.3. The highest BCUT2D eigenvalue weighted by molar-refractivity contribution is 9.10. The summed E-state index contributed by atoms with van der Waals surface area (Å²) in [5.41, 5.74) is 1.01. The van der Waals surface area contributed by atoms with E-state index in [0.717, 1.165) is 21.5 Å². The van der Waals surface area contributed by atoms with E-state index in [-0.39, 0.29) is 0 Å². The molecular formula is C14H20BrClO2. The number of halogens is 2. The van der Waals surface area contributed by atoms with E-state index in [1.807, 2.05) is 12.1 Å². The van der Waals surface area contributed by atoms with E-state index in [2.05, 4.69) is 29.8 Å². The molecule has 0 spiro atoms. The monoisotopic (exact) mass is 334 g/mol. The van der Waals surface area contributed by atoms with Crippen molar-refractivity contribution in [1.82, 2.24) is 0 Å². The van der Waals surface area contributed by atoms with E-state index >= 15 is 0 Å². The molecule has 1 atom stereocenters. The maximum atomic E-state index is 5.86. The molecule has 1 aromatic rings. The summed E-state index contributed by atoms with van der Waals surface area (Å²) in [4.78, 5) is 0. The molecule has 18 heavy (non-hydrogen) atoms. The van der Waals surface area contributed by atoms with Crippen molar-refractivity contribution < 1.29 is 9.47 Å². The van der Waals surface area contributed by atoms with Gasteiger partial charge in [0.25, 0.3) is 0 Å². The van der Waals surface area contributed by atoms with Gasteiger partial charge in [-0.3, -0.25) is 0 Å². The van der Waals surface area contributed by atoms with E-state index < -0.39 is 0 Å². The summed E-state index contributed by atoms with van der Waals surface area (Å²) in [6, 6.07) is 3.88. The fourth-order valence-electron chi connectivity index (χ4n) is 1.79. The van der Waals surface area contributed by atoms with Crippen molar-refractivity contribution in [3.05, 3.63) is 22.2 Å². The third-order valence-corrected chi connectivity index (χ3v) is 3.63. The summed E-state index contributed by atoms with van der Waals surface area (Å²) in [6.07, 6.45) is 2.34. The number of hydrogen-bond acceptors (Lipinski definition) is 2. The maximum Gasteiger partial charge on any atom is 0.175 e. The molecule has 0 N–H and O–H groups in total. The van der Waals surface area contributed by atoms with Crippen LogP contribution in [0.15, 0.2) is 16.6 Å². The van der Waals surface area contributed by atoms with Crippen molar-refractivity contribution in [2.24, 2.45) is 5.92 Å². The van der Waals surface area contributed by atoms with Crippen LogP contribution in [0.3, 0.4) is 0 Å². The van der Waals surface area contributed by atoms with Crippen molar-refractivity contribution in [2.75, 3.05) is 13.7 Å². The zero-order chi connectivity index (χ0) is 13.5. The minimum absolute atomic E-state index is 0.460. The molecular weight excluding hydrogens is 316 g/mol. The summed E-state index contributed by atoms with van der Waals surface area (Å²) in [7, 11) is 1.64. The molecule has 0 aliphatic carbocycles. The zero-order valence-electron chi connectivity index (χ0n) is 11.1. The smallest absolute Gasteiger partial charge is 0.175 e. The Bertz CT molecular complexity index is 382. The van der Waals surface area contributed by atoms with Crippen LogP contribution in [0, 0.1) is 5.92 Å². The minimum Gasteiger partial charge on any atom is -0.493 e. The average Bonchev–Trinajstić information content (AvgIpc) is 2.36. The molecule has 0 saturated heterocycles. The Balaban J connectivity index is 2.81. The topological polar surface area (TPSA) is 18.5 Å². The van der Waals surface area contributed by atoms with Gasteiger partial charge in [0, 0.05) is 5.88 Å². The Morgan fingerprint density at radius 1 is 1.39 bits per heavy atom. The molecule has 1 rings (SSSR count). The summed E-state index contributed by atoms with van der Waals surface area (Å²) < 4.78 is 12.1. The van der Waals surface area contributed by atoms with E-state index in [1.54, 1.807) is 7.11 Å². The van der Waals surface area contributed by atoms with Crippen LogP contribution < -0.4 is 9.47 Å². The first-order chi connectivity index (χ1) is 8.62. The second-order valence-electron chi connectivity index (χ2n) is 4.45. The number of alkyl halides is 1. The Kier molecular flexibility index (Phi) is 6.87. The fraction of sp³-hybridized carbons (Fsp3) is 0.571. The molecule has 0 amide bonds. The summed E-state index contributed by atoms with van der Waals surface area (Å²) in [6.45, 7) is 5.07. The van der Waals surface area contributed by atoms with Crippen molar-refractivity contribution >= 4 is 27.5 Å². The molecule has 2 nitrogen and oxygen atoms in total. The summed E-state index contributed by atoms with van der Waals surface area (Å²) in [5, 5.41) is 0. The van der Waals surface area contributed by atoms with Gasteiger partial charge >= 0.3 is 0 Å². The first-order valence-corrected chi connectivity index (χ1v) is 7.50. The Morgan fingerprint density at radius 2 is 2.11 bits per heavy atom. The van der Waals surface area contributed by atoms with Crippen LogP contribution in [0.1, 0.15) is 32.3 Å². The summed E-state index contributed by atoms with van der Waals surface area (Å²) >= 11 is 9.34. The molecule has 0 radical (unpaired) electrons. The van der Waals surface area contributed by atoms with Gasteiger partial charge in [0.1, 0.15) is 0 Å². The number of ether oxygens (including phenoxy) is 2. The van der Waals surface area contributed by atoms with E-state index in [9.17, 15) is 0 Å². The Hall–Kier alpha value is -0.410. The van der Waals surface area contributed by atoms with Crippen molar-refractivity contribution in [3.8, 4) is 11.5 Å². The second kappa shape index (κ2) is 7.90. The van der Waals surface area contributed by atoms with Crippen molar-refractivity contribution in [3.63, 3.8) is 0 Å². The molecule has 0 bridgehead atoms. The third kappa shape index (κ3) is 4.36. The molecule has 1 aromatic carbocycles. The molecule has 0 heterocycles. The van der Waals surface area contributed by atoms with Crippen LogP contribution in [0.4, 0.5) is 0 Å². The largest absolute Gasteiger partial charge is 0.493 e. The van der Waals surface area contributed by atoms with Crippen LogP contribution in [-0.2, 0) is 5.88 Å². The standard InChI is InChI=1S/C14H20BrClO2/c1-4-5-10(2)9-18-14-12(15)6-11(8-16)7-13(14)17-3/h6-7,10H,4-5,8-9H2,1-3H3. The van der Waals surface area contributed by atoms with Crippen molar-refractivity contribution in [1.29, 1.82) is 0 Å². The highest BCUT2D eigenvalue weighted by Gasteiger charge is 2.12. The SMILES string of the molecule is CCCC(C)COc1c(Br)cc(CCl)cc1OC.